The first kappa shape index (κ1) is 26.8. The Morgan fingerprint density at radius 1 is 1.10 bits per heavy atom. The Morgan fingerprint density at radius 2 is 1.88 bits per heavy atom. The average molecular weight is 576 g/mol. The fourth-order valence-corrected chi connectivity index (χ4v) is 5.93. The molecule has 0 bridgehead atoms. The van der Waals surface area contributed by atoms with Gasteiger partial charge in [-0.2, -0.15) is 13.7 Å². The molecule has 0 aliphatic carbocycles. The second-order valence-corrected chi connectivity index (χ2v) is 11.3. The highest BCUT2D eigenvalue weighted by Gasteiger charge is 2.25. The first-order valence-electron chi connectivity index (χ1n) is 13.2. The normalized spacial score (nSPS) is 14.6. The highest BCUT2D eigenvalue weighted by molar-refractivity contribution is 7.81. The summed E-state index contributed by atoms with van der Waals surface area (Å²) in [6, 6.07) is 17.0. The van der Waals surface area contributed by atoms with E-state index in [4.69, 9.17) is 9.47 Å². The van der Waals surface area contributed by atoms with Crippen LogP contribution in [0.3, 0.4) is 0 Å². The topological polar surface area (TPSA) is 123 Å². The number of pyridine rings is 1. The van der Waals surface area contributed by atoms with Gasteiger partial charge in [0.25, 0.3) is 0 Å². The maximum Gasteiger partial charge on any atom is 0.488 e. The van der Waals surface area contributed by atoms with Gasteiger partial charge in [0, 0.05) is 35.7 Å². The van der Waals surface area contributed by atoms with Crippen LogP contribution in [0.5, 0.6) is 11.5 Å². The van der Waals surface area contributed by atoms with Crippen LogP contribution in [-0.4, -0.2) is 37.3 Å². The van der Waals surface area contributed by atoms with Gasteiger partial charge in [-0.25, -0.2) is 0 Å². The zero-order valence-corrected chi connectivity index (χ0v) is 23.1. The van der Waals surface area contributed by atoms with E-state index in [0.717, 1.165) is 18.2 Å². The number of rotatable bonds is 6. The minimum absolute atomic E-state index is 0.00825. The summed E-state index contributed by atoms with van der Waals surface area (Å²) in [7, 11) is -5.22. The summed E-state index contributed by atoms with van der Waals surface area (Å²) >= 11 is 0. The van der Waals surface area contributed by atoms with E-state index in [1.165, 1.54) is 12.1 Å². The Morgan fingerprint density at radius 3 is 2.59 bits per heavy atom. The number of hydrogen-bond acceptors (Lipinski definition) is 7. The van der Waals surface area contributed by atoms with Crippen molar-refractivity contribution in [3.05, 3.63) is 70.4 Å². The van der Waals surface area contributed by atoms with Crippen LogP contribution in [0.4, 0.5) is 3.89 Å². The third-order valence-electron chi connectivity index (χ3n) is 7.24. The molecule has 3 aromatic carbocycles. The van der Waals surface area contributed by atoms with Gasteiger partial charge in [-0.3, -0.25) is 4.79 Å². The van der Waals surface area contributed by atoms with Gasteiger partial charge in [-0.05, 0) is 68.7 Å². The van der Waals surface area contributed by atoms with Crippen LogP contribution >= 0.6 is 0 Å². The smallest absolute Gasteiger partial charge is 0.488 e. The summed E-state index contributed by atoms with van der Waals surface area (Å²) in [5.74, 6) is 0.219. The molecule has 9 nitrogen and oxygen atoms in total. The lowest BCUT2D eigenvalue weighted by Gasteiger charge is -2.28. The lowest BCUT2D eigenvalue weighted by atomic mass is 9.99. The molecule has 0 saturated carbocycles. The van der Waals surface area contributed by atoms with E-state index < -0.39 is 10.5 Å². The third kappa shape index (κ3) is 5.01. The molecule has 3 heterocycles. The highest BCUT2D eigenvalue weighted by atomic mass is 32.3. The zero-order valence-electron chi connectivity index (χ0n) is 22.3. The average Bonchev–Trinajstić information content (AvgIpc) is 3.31. The number of benzene rings is 3. The van der Waals surface area contributed by atoms with E-state index in [1.807, 2.05) is 19.9 Å². The van der Waals surface area contributed by atoms with E-state index in [-0.39, 0.29) is 23.3 Å². The zero-order chi connectivity index (χ0) is 28.9. The second kappa shape index (κ2) is 10.2. The van der Waals surface area contributed by atoms with Crippen LogP contribution in [0.25, 0.3) is 44.0 Å². The highest BCUT2D eigenvalue weighted by Crippen LogP contribution is 2.39. The molecule has 1 aliphatic heterocycles. The fraction of sp³-hybridized carbons (Fsp3) is 0.267. The minimum Gasteiger partial charge on any atom is -0.490 e. The molecule has 6 rings (SSSR count). The summed E-state index contributed by atoms with van der Waals surface area (Å²) in [6.45, 7) is 4.85. The molecule has 1 N–H and O–H groups in total. The van der Waals surface area contributed by atoms with E-state index in [2.05, 4.69) is 19.8 Å². The third-order valence-corrected chi connectivity index (χ3v) is 7.63. The Bertz CT molecular complexity index is 2040. The Balaban J connectivity index is 1.70. The van der Waals surface area contributed by atoms with E-state index in [0.29, 0.717) is 63.1 Å². The van der Waals surface area contributed by atoms with Crippen LogP contribution in [0, 0.1) is 11.3 Å². The van der Waals surface area contributed by atoms with Gasteiger partial charge in [-0.1, -0.05) is 22.1 Å². The van der Waals surface area contributed by atoms with Crippen LogP contribution in [0.1, 0.15) is 38.3 Å². The molecular formula is C30H26FN3O6S. The number of nitrogens with zero attached hydrogens (tertiary/aromatic N) is 2. The number of nitriles is 1. The summed E-state index contributed by atoms with van der Waals surface area (Å²) in [6.07, 6.45) is 1.21. The monoisotopic (exact) mass is 575 g/mol. The van der Waals surface area contributed by atoms with Crippen molar-refractivity contribution in [3.63, 3.8) is 0 Å². The second-order valence-electron chi connectivity index (χ2n) is 10.3. The number of fused-ring (bicyclic) bond motifs is 4. The Labute approximate surface area is 235 Å². The molecule has 0 radical (unpaired) electrons. The largest absolute Gasteiger partial charge is 0.490 e. The van der Waals surface area contributed by atoms with Crippen molar-refractivity contribution < 1.29 is 26.0 Å². The van der Waals surface area contributed by atoms with Crippen molar-refractivity contribution in [1.29, 1.82) is 5.26 Å². The number of ether oxygens (including phenoxy) is 2. The molecule has 210 valence electrons. The molecule has 0 atom stereocenters. The van der Waals surface area contributed by atoms with Gasteiger partial charge in [0.15, 0.2) is 5.43 Å². The summed E-state index contributed by atoms with van der Waals surface area (Å²) in [5, 5.41) is 11.1. The van der Waals surface area contributed by atoms with Gasteiger partial charge in [-0.15, -0.1) is 0 Å². The molecular weight excluding hydrogens is 549 g/mol. The van der Waals surface area contributed by atoms with Crippen LogP contribution in [0.2, 0.25) is 0 Å². The van der Waals surface area contributed by atoms with Gasteiger partial charge >= 0.3 is 10.5 Å². The number of aromatic amines is 1. The van der Waals surface area contributed by atoms with Crippen LogP contribution in [-0.2, 0) is 15.2 Å². The quantitative estimate of drug-likeness (QED) is 0.250. The molecule has 1 aliphatic rings. The molecule has 0 unspecified atom stereocenters. The van der Waals surface area contributed by atoms with E-state index in [1.54, 1.807) is 36.4 Å². The van der Waals surface area contributed by atoms with Gasteiger partial charge in [0.1, 0.15) is 17.1 Å². The molecule has 0 spiro atoms. The molecule has 41 heavy (non-hydrogen) atoms. The van der Waals surface area contributed by atoms with Crippen molar-refractivity contribution in [2.45, 2.75) is 38.8 Å². The number of halogens is 1. The van der Waals surface area contributed by atoms with E-state index >= 15 is 0 Å². The van der Waals surface area contributed by atoms with E-state index in [9.17, 15) is 22.4 Å². The van der Waals surface area contributed by atoms with Gasteiger partial charge < -0.3 is 23.2 Å². The van der Waals surface area contributed by atoms with Crippen LogP contribution < -0.4 is 14.3 Å². The van der Waals surface area contributed by atoms with Crippen molar-refractivity contribution in [2.24, 2.45) is 0 Å². The lowest BCUT2D eigenvalue weighted by Crippen LogP contribution is -2.22. The predicted octanol–water partition coefficient (Wildman–Crippen LogP) is 5.91. The number of hydrogen-bond donors (Lipinski definition) is 1. The summed E-state index contributed by atoms with van der Waals surface area (Å²) in [4.78, 5) is 17.5. The molecule has 1 saturated heterocycles. The molecule has 0 amide bonds. The first-order valence-corrected chi connectivity index (χ1v) is 14.5. The molecule has 5 aromatic rings. The molecule has 11 heteroatoms. The van der Waals surface area contributed by atoms with Gasteiger partial charge in [0.05, 0.1) is 34.0 Å². The van der Waals surface area contributed by atoms with Crippen molar-refractivity contribution in [3.8, 4) is 28.7 Å². The number of nitrogens with one attached hydrogen (secondary N) is 1. The first-order chi connectivity index (χ1) is 19.6. The maximum atomic E-state index is 14.1. The fourth-order valence-electron chi connectivity index (χ4n) is 5.60. The summed E-state index contributed by atoms with van der Waals surface area (Å²) < 4.78 is 54.0. The summed E-state index contributed by atoms with van der Waals surface area (Å²) in [5.41, 5.74) is 3.37. The van der Waals surface area contributed by atoms with Crippen molar-refractivity contribution in [1.82, 2.24) is 9.55 Å². The minimum atomic E-state index is -5.22. The van der Waals surface area contributed by atoms with Gasteiger partial charge in [0.2, 0.25) is 0 Å². The SMILES string of the molecule is CC(C)Oc1cc2c(=O)c3c4ccc(C#N)cc4[nH]c3n(C3CCOCC3)c2cc1-c1cccc(OS(=O)(=O)F)c1. The molecule has 2 aromatic heterocycles. The van der Waals surface area contributed by atoms with Crippen molar-refractivity contribution >= 4 is 43.3 Å². The maximum absolute atomic E-state index is 14.1. The Hall–Kier alpha value is -4.40. The number of H-pyrrole nitrogens is 1. The number of aromatic nitrogens is 2. The van der Waals surface area contributed by atoms with Crippen molar-refractivity contribution in [2.75, 3.05) is 13.2 Å². The Kier molecular flexibility index (Phi) is 6.68. The van der Waals surface area contributed by atoms with Crippen LogP contribution in [0.15, 0.2) is 59.4 Å². The standard InChI is InChI=1S/C30H26FN3O6S/c1-17(2)39-27-15-24-26(14-23(27)19-4-3-5-21(13-19)40-41(31,36)37)34(20-8-10-38-11-9-20)30-28(29(24)35)22-7-6-18(16-32)12-25(22)33-30/h3-7,12-15,17,20,33H,8-11H2,1-2H3. The lowest BCUT2D eigenvalue weighted by molar-refractivity contribution is 0.0715. The molecule has 1 fully saturated rings. The predicted molar refractivity (Wildman–Crippen MR) is 153 cm³/mol.